The topological polar surface area (TPSA) is 70.5 Å². The third-order valence-electron chi connectivity index (χ3n) is 5.07. The Kier molecular flexibility index (Phi) is 7.36. The van der Waals surface area contributed by atoms with Crippen LogP contribution in [-0.4, -0.2) is 23.0 Å². The number of fused-ring (bicyclic) bond motifs is 1. The lowest BCUT2D eigenvalue weighted by molar-refractivity contribution is -0.693. The van der Waals surface area contributed by atoms with Gasteiger partial charge in [0.25, 0.3) is 5.82 Å². The minimum absolute atomic E-state index is 0. The monoisotopic (exact) mass is 459 g/mol. The Hall–Kier alpha value is -2.83. The van der Waals surface area contributed by atoms with Gasteiger partial charge in [-0.3, -0.25) is 4.99 Å². The molecule has 0 N–H and O–H groups in total. The number of ether oxygens (including phenoxy) is 1. The fraction of sp³-hybridized carbons (Fsp3) is 0.261. The van der Waals surface area contributed by atoms with Gasteiger partial charge in [0.15, 0.2) is 5.69 Å². The number of benzene rings is 2. The minimum atomic E-state index is -0.384. The van der Waals surface area contributed by atoms with Gasteiger partial charge in [-0.15, -0.1) is 12.4 Å². The summed E-state index contributed by atoms with van der Waals surface area (Å²) in [4.78, 5) is 15.9. The van der Waals surface area contributed by atoms with Gasteiger partial charge < -0.3 is 9.84 Å². The average Bonchev–Trinajstić information content (AvgIpc) is 3.33. The minimum Gasteiger partial charge on any atom is -0.859 e. The van der Waals surface area contributed by atoms with Crippen molar-refractivity contribution in [2.45, 2.75) is 32.9 Å². The quantitative estimate of drug-likeness (QED) is 0.244. The molecule has 0 amide bonds. The van der Waals surface area contributed by atoms with Crippen molar-refractivity contribution in [2.75, 3.05) is 6.61 Å². The van der Waals surface area contributed by atoms with Crippen molar-refractivity contribution < 1.29 is 19.2 Å². The standard InChI is InChI=1S/C23H22ClN3O3.ClH/c1-2-30-23(29)17-7-11-19(12-8-17)25-21(28)15-26-14-20(27-13-3-4-22(26)27)16-5-9-18(24)10-6-16;/h5-12,14H,2-4,13,15H2,1H3;1H. The van der Waals surface area contributed by atoms with E-state index in [2.05, 4.69) is 9.56 Å². The Labute approximate surface area is 192 Å². The van der Waals surface area contributed by atoms with Crippen molar-refractivity contribution in [1.29, 1.82) is 0 Å². The van der Waals surface area contributed by atoms with Gasteiger partial charge in [-0.05, 0) is 61.9 Å². The van der Waals surface area contributed by atoms with E-state index in [1.807, 2.05) is 35.0 Å². The molecule has 3 aromatic rings. The first-order chi connectivity index (χ1) is 14.5. The van der Waals surface area contributed by atoms with Gasteiger partial charge in [0.1, 0.15) is 12.7 Å². The Balaban J connectivity index is 0.00000272. The second-order valence-corrected chi connectivity index (χ2v) is 7.53. The van der Waals surface area contributed by atoms with Gasteiger partial charge in [-0.1, -0.05) is 11.6 Å². The van der Waals surface area contributed by atoms with Crippen LogP contribution in [0.4, 0.5) is 5.69 Å². The van der Waals surface area contributed by atoms with Crippen LogP contribution < -0.4 is 9.67 Å². The molecule has 6 nitrogen and oxygen atoms in total. The number of esters is 1. The number of halogens is 2. The summed E-state index contributed by atoms with van der Waals surface area (Å²) in [5.74, 6) is 0.498. The van der Waals surface area contributed by atoms with Gasteiger partial charge in [0.2, 0.25) is 0 Å². The number of carbonyl (C=O) groups is 1. The van der Waals surface area contributed by atoms with E-state index in [0.717, 1.165) is 36.5 Å². The predicted molar refractivity (Wildman–Crippen MR) is 120 cm³/mol. The van der Waals surface area contributed by atoms with Crippen LogP contribution in [0.15, 0.2) is 59.7 Å². The van der Waals surface area contributed by atoms with Crippen molar-refractivity contribution in [3.8, 4) is 11.3 Å². The number of rotatable bonds is 6. The molecule has 31 heavy (non-hydrogen) atoms. The van der Waals surface area contributed by atoms with Crippen LogP contribution in [0.25, 0.3) is 11.3 Å². The predicted octanol–water partition coefficient (Wildman–Crippen LogP) is 3.73. The summed E-state index contributed by atoms with van der Waals surface area (Å²) >= 11 is 6.02. The summed E-state index contributed by atoms with van der Waals surface area (Å²) in [7, 11) is 0. The first kappa shape index (κ1) is 22.8. The van der Waals surface area contributed by atoms with E-state index in [1.54, 1.807) is 31.2 Å². The normalized spacial score (nSPS) is 12.9. The van der Waals surface area contributed by atoms with E-state index >= 15 is 0 Å². The van der Waals surface area contributed by atoms with Gasteiger partial charge >= 0.3 is 5.97 Å². The number of hydrogen-bond acceptors (Lipinski definition) is 4. The van der Waals surface area contributed by atoms with Gasteiger partial charge in [-0.2, -0.15) is 0 Å². The van der Waals surface area contributed by atoms with E-state index in [4.69, 9.17) is 16.3 Å². The highest BCUT2D eigenvalue weighted by Crippen LogP contribution is 2.26. The SMILES string of the molecule is CCOC(=O)c1ccc(N=C([O-])C[n+]2cc(-c3ccc(Cl)cc3)n3c2CCC3)cc1.Cl. The molecule has 0 spiro atoms. The number of aliphatic imine (C=N–C) groups is 1. The highest BCUT2D eigenvalue weighted by atomic mass is 35.5. The molecule has 162 valence electrons. The van der Waals surface area contributed by atoms with Crippen LogP contribution in [0, 0.1) is 0 Å². The van der Waals surface area contributed by atoms with Crippen molar-refractivity contribution in [1.82, 2.24) is 4.57 Å². The van der Waals surface area contributed by atoms with E-state index in [9.17, 15) is 9.90 Å². The molecular weight excluding hydrogens is 437 g/mol. The summed E-state index contributed by atoms with van der Waals surface area (Å²) < 4.78 is 9.20. The summed E-state index contributed by atoms with van der Waals surface area (Å²) in [5, 5.41) is 13.3. The summed E-state index contributed by atoms with van der Waals surface area (Å²) in [6, 6.07) is 14.3. The molecule has 4 rings (SSSR count). The Bertz CT molecular complexity index is 1090. The van der Waals surface area contributed by atoms with Crippen molar-refractivity contribution in [3.63, 3.8) is 0 Å². The molecule has 2 heterocycles. The van der Waals surface area contributed by atoms with Gasteiger partial charge in [0.05, 0.1) is 30.8 Å². The molecule has 0 bridgehead atoms. The number of aromatic nitrogens is 2. The fourth-order valence-corrected chi connectivity index (χ4v) is 3.83. The highest BCUT2D eigenvalue weighted by Gasteiger charge is 2.28. The smallest absolute Gasteiger partial charge is 0.338 e. The molecule has 0 aliphatic carbocycles. The van der Waals surface area contributed by atoms with Gasteiger partial charge in [0, 0.05) is 16.5 Å². The maximum Gasteiger partial charge on any atom is 0.338 e. The largest absolute Gasteiger partial charge is 0.859 e. The van der Waals surface area contributed by atoms with Crippen LogP contribution in [-0.2, 0) is 24.2 Å². The van der Waals surface area contributed by atoms with Crippen LogP contribution in [0.3, 0.4) is 0 Å². The van der Waals surface area contributed by atoms with Crippen molar-refractivity contribution in [2.24, 2.45) is 4.99 Å². The molecule has 2 aromatic carbocycles. The Morgan fingerprint density at radius 3 is 2.58 bits per heavy atom. The van der Waals surface area contributed by atoms with E-state index in [0.29, 0.717) is 22.9 Å². The molecule has 0 atom stereocenters. The maximum atomic E-state index is 12.6. The molecule has 0 unspecified atom stereocenters. The Morgan fingerprint density at radius 2 is 1.90 bits per heavy atom. The lowest BCUT2D eigenvalue weighted by atomic mass is 10.2. The summed E-state index contributed by atoms with van der Waals surface area (Å²) in [5.41, 5.74) is 3.10. The molecule has 8 heteroatoms. The zero-order valence-electron chi connectivity index (χ0n) is 17.1. The zero-order valence-corrected chi connectivity index (χ0v) is 18.7. The highest BCUT2D eigenvalue weighted by molar-refractivity contribution is 6.30. The first-order valence-electron chi connectivity index (χ1n) is 9.94. The van der Waals surface area contributed by atoms with Crippen molar-refractivity contribution >= 4 is 41.6 Å². The van der Waals surface area contributed by atoms with Crippen molar-refractivity contribution in [3.05, 3.63) is 71.1 Å². The third-order valence-corrected chi connectivity index (χ3v) is 5.32. The molecule has 1 aliphatic heterocycles. The van der Waals surface area contributed by atoms with Crippen LogP contribution >= 0.6 is 24.0 Å². The Morgan fingerprint density at radius 1 is 1.19 bits per heavy atom. The number of nitrogens with zero attached hydrogens (tertiary/aromatic N) is 3. The fourth-order valence-electron chi connectivity index (χ4n) is 3.71. The lowest BCUT2D eigenvalue weighted by Crippen LogP contribution is -2.43. The second-order valence-electron chi connectivity index (χ2n) is 7.09. The van der Waals surface area contributed by atoms with Crippen LogP contribution in [0.1, 0.15) is 29.5 Å². The summed E-state index contributed by atoms with van der Waals surface area (Å²) in [6.07, 6.45) is 3.99. The number of hydrogen-bond donors (Lipinski definition) is 0. The average molecular weight is 460 g/mol. The molecule has 0 saturated heterocycles. The molecule has 0 saturated carbocycles. The third kappa shape index (κ3) is 5.09. The molecule has 0 fully saturated rings. The van der Waals surface area contributed by atoms with Gasteiger partial charge in [-0.25, -0.2) is 13.9 Å². The first-order valence-corrected chi connectivity index (χ1v) is 10.3. The van der Waals surface area contributed by atoms with E-state index in [1.165, 1.54) is 0 Å². The van der Waals surface area contributed by atoms with Crippen LogP contribution in [0.2, 0.25) is 5.02 Å². The maximum absolute atomic E-state index is 12.6. The van der Waals surface area contributed by atoms with E-state index in [-0.39, 0.29) is 30.8 Å². The lowest BCUT2D eigenvalue weighted by Gasteiger charge is -2.09. The second kappa shape index (κ2) is 9.98. The molecule has 1 aromatic heterocycles. The molecule has 0 radical (unpaired) electrons. The van der Waals surface area contributed by atoms with Crippen LogP contribution in [0.5, 0.6) is 0 Å². The zero-order chi connectivity index (χ0) is 21.1. The number of imidazole rings is 1. The molecular formula is C23H23Cl2N3O3. The number of carbonyl (C=O) groups excluding carboxylic acids is 1. The summed E-state index contributed by atoms with van der Waals surface area (Å²) in [6.45, 7) is 3.18. The van der Waals surface area contributed by atoms with E-state index < -0.39 is 0 Å². The molecule has 1 aliphatic rings.